The zero-order chi connectivity index (χ0) is 15.9. The highest BCUT2D eigenvalue weighted by atomic mass is 16.2. The van der Waals surface area contributed by atoms with Crippen LogP contribution in [-0.2, 0) is 4.79 Å². The molecule has 0 spiro atoms. The number of hydrogen-bond acceptors (Lipinski definition) is 2. The second-order valence-electron chi connectivity index (χ2n) is 6.20. The summed E-state index contributed by atoms with van der Waals surface area (Å²) in [6.45, 7) is 6.12. The van der Waals surface area contributed by atoms with Gasteiger partial charge in [0.15, 0.2) is 0 Å². The minimum atomic E-state index is -0.0905. The third kappa shape index (κ3) is 4.76. The van der Waals surface area contributed by atoms with E-state index < -0.39 is 0 Å². The zero-order valence-electron chi connectivity index (χ0n) is 13.3. The molecular formula is C17H25N3O2. The summed E-state index contributed by atoms with van der Waals surface area (Å²) in [5.41, 5.74) is 0.796. The molecule has 5 nitrogen and oxygen atoms in total. The van der Waals surface area contributed by atoms with Crippen LogP contribution in [0.1, 0.15) is 26.7 Å². The molecule has 0 unspecified atom stereocenters. The molecule has 1 saturated heterocycles. The van der Waals surface area contributed by atoms with Gasteiger partial charge in [0.05, 0.1) is 0 Å². The average molecular weight is 303 g/mol. The van der Waals surface area contributed by atoms with Crippen LogP contribution in [0.2, 0.25) is 0 Å². The third-order valence-electron chi connectivity index (χ3n) is 3.86. The largest absolute Gasteiger partial charge is 0.356 e. The summed E-state index contributed by atoms with van der Waals surface area (Å²) in [6.07, 6.45) is 1.46. The van der Waals surface area contributed by atoms with Crippen LogP contribution in [0.3, 0.4) is 0 Å². The van der Waals surface area contributed by atoms with Crippen molar-refractivity contribution in [3.63, 3.8) is 0 Å². The number of nitrogens with one attached hydrogen (secondary N) is 2. The zero-order valence-corrected chi connectivity index (χ0v) is 13.3. The van der Waals surface area contributed by atoms with Gasteiger partial charge >= 0.3 is 6.03 Å². The van der Waals surface area contributed by atoms with Crippen LogP contribution >= 0.6 is 0 Å². The fraction of sp³-hybridized carbons (Fsp3) is 0.529. The first-order valence-corrected chi connectivity index (χ1v) is 7.95. The second kappa shape index (κ2) is 7.82. The molecule has 0 bridgehead atoms. The van der Waals surface area contributed by atoms with Crippen LogP contribution in [0.5, 0.6) is 0 Å². The molecule has 22 heavy (non-hydrogen) atoms. The summed E-state index contributed by atoms with van der Waals surface area (Å²) in [5, 5.41) is 5.86. The minimum Gasteiger partial charge on any atom is -0.356 e. The molecule has 3 amide bonds. The van der Waals surface area contributed by atoms with Gasteiger partial charge in [-0.15, -0.1) is 0 Å². The van der Waals surface area contributed by atoms with Crippen molar-refractivity contribution in [3.8, 4) is 0 Å². The van der Waals surface area contributed by atoms with Crippen LogP contribution in [0.4, 0.5) is 10.5 Å². The van der Waals surface area contributed by atoms with E-state index in [-0.39, 0.29) is 17.9 Å². The Morgan fingerprint density at radius 3 is 2.41 bits per heavy atom. The van der Waals surface area contributed by atoms with Crippen molar-refractivity contribution in [2.75, 3.05) is 25.0 Å². The number of amides is 3. The molecule has 1 aromatic carbocycles. The Bertz CT molecular complexity index is 494. The molecule has 2 rings (SSSR count). The number of piperidine rings is 1. The minimum absolute atomic E-state index is 0.0273. The highest BCUT2D eigenvalue weighted by molar-refractivity contribution is 5.89. The maximum Gasteiger partial charge on any atom is 0.321 e. The van der Waals surface area contributed by atoms with Crippen molar-refractivity contribution >= 4 is 17.6 Å². The van der Waals surface area contributed by atoms with Crippen LogP contribution < -0.4 is 10.6 Å². The lowest BCUT2D eigenvalue weighted by molar-refractivity contribution is -0.126. The number of para-hydroxylation sites is 1. The first kappa shape index (κ1) is 16.3. The van der Waals surface area contributed by atoms with E-state index in [1.54, 1.807) is 4.90 Å². The molecule has 0 aromatic heterocycles. The van der Waals surface area contributed by atoms with Gasteiger partial charge in [-0.2, -0.15) is 0 Å². The number of rotatable bonds is 4. The van der Waals surface area contributed by atoms with Gasteiger partial charge in [0, 0.05) is 31.2 Å². The van der Waals surface area contributed by atoms with Crippen molar-refractivity contribution in [3.05, 3.63) is 30.3 Å². The molecule has 1 aliphatic rings. The predicted molar refractivity (Wildman–Crippen MR) is 87.6 cm³/mol. The monoisotopic (exact) mass is 303 g/mol. The van der Waals surface area contributed by atoms with E-state index in [0.29, 0.717) is 25.6 Å². The van der Waals surface area contributed by atoms with E-state index in [2.05, 4.69) is 24.5 Å². The standard InChI is InChI=1S/C17H25N3O2/c1-13(2)12-18-16(21)14-8-10-20(11-9-14)17(22)19-15-6-4-3-5-7-15/h3-7,13-14H,8-12H2,1-2H3,(H,18,21)(H,19,22). The number of nitrogens with zero attached hydrogens (tertiary/aromatic N) is 1. The number of carbonyl (C=O) groups excluding carboxylic acids is 2. The number of hydrogen-bond donors (Lipinski definition) is 2. The maximum atomic E-state index is 12.2. The summed E-state index contributed by atoms with van der Waals surface area (Å²) in [7, 11) is 0. The van der Waals surface area contributed by atoms with Gasteiger partial charge in [-0.1, -0.05) is 32.0 Å². The fourth-order valence-electron chi connectivity index (χ4n) is 2.52. The van der Waals surface area contributed by atoms with Crippen LogP contribution in [0, 0.1) is 11.8 Å². The molecule has 0 radical (unpaired) electrons. The summed E-state index contributed by atoms with van der Waals surface area (Å²) >= 11 is 0. The Morgan fingerprint density at radius 1 is 1.18 bits per heavy atom. The van der Waals surface area contributed by atoms with Crippen molar-refractivity contribution in [1.29, 1.82) is 0 Å². The highest BCUT2D eigenvalue weighted by Gasteiger charge is 2.27. The molecule has 1 aliphatic heterocycles. The normalized spacial score (nSPS) is 15.7. The maximum absolute atomic E-state index is 12.2. The van der Waals surface area contributed by atoms with E-state index in [4.69, 9.17) is 0 Å². The molecule has 5 heteroatoms. The molecule has 0 aliphatic carbocycles. The molecular weight excluding hydrogens is 278 g/mol. The highest BCUT2D eigenvalue weighted by Crippen LogP contribution is 2.18. The smallest absolute Gasteiger partial charge is 0.321 e. The SMILES string of the molecule is CC(C)CNC(=O)C1CCN(C(=O)Nc2ccccc2)CC1. The van der Waals surface area contributed by atoms with Gasteiger partial charge in [-0.05, 0) is 30.9 Å². The summed E-state index contributed by atoms with van der Waals surface area (Å²) in [5.74, 6) is 0.608. The molecule has 1 fully saturated rings. The average Bonchev–Trinajstić information content (AvgIpc) is 2.53. The first-order chi connectivity index (χ1) is 10.6. The lowest BCUT2D eigenvalue weighted by Gasteiger charge is -2.31. The van der Waals surface area contributed by atoms with Gasteiger partial charge in [0.25, 0.3) is 0 Å². The number of carbonyl (C=O) groups is 2. The van der Waals surface area contributed by atoms with Crippen LogP contribution in [-0.4, -0.2) is 36.5 Å². The second-order valence-corrected chi connectivity index (χ2v) is 6.20. The Kier molecular flexibility index (Phi) is 5.81. The summed E-state index contributed by atoms with van der Waals surface area (Å²) < 4.78 is 0. The number of urea groups is 1. The van der Waals surface area contributed by atoms with Crippen LogP contribution in [0.15, 0.2) is 30.3 Å². The van der Waals surface area contributed by atoms with Crippen molar-refractivity contribution in [2.45, 2.75) is 26.7 Å². The molecule has 120 valence electrons. The Hall–Kier alpha value is -2.04. The first-order valence-electron chi connectivity index (χ1n) is 7.95. The van der Waals surface area contributed by atoms with Crippen molar-refractivity contribution in [1.82, 2.24) is 10.2 Å². The van der Waals surface area contributed by atoms with Gasteiger partial charge in [0.1, 0.15) is 0 Å². The van der Waals surface area contributed by atoms with E-state index in [1.807, 2.05) is 30.3 Å². The van der Waals surface area contributed by atoms with Crippen molar-refractivity contribution < 1.29 is 9.59 Å². The van der Waals surface area contributed by atoms with E-state index in [1.165, 1.54) is 0 Å². The van der Waals surface area contributed by atoms with E-state index in [9.17, 15) is 9.59 Å². The molecule has 1 heterocycles. The Balaban J connectivity index is 1.77. The number of likely N-dealkylation sites (tertiary alicyclic amines) is 1. The molecule has 2 N–H and O–H groups in total. The van der Waals surface area contributed by atoms with E-state index >= 15 is 0 Å². The Morgan fingerprint density at radius 2 is 1.82 bits per heavy atom. The molecule has 0 atom stereocenters. The van der Waals surface area contributed by atoms with Gasteiger partial charge in [-0.25, -0.2) is 4.79 Å². The van der Waals surface area contributed by atoms with E-state index in [0.717, 1.165) is 18.5 Å². The number of benzene rings is 1. The number of anilines is 1. The van der Waals surface area contributed by atoms with Gasteiger partial charge in [-0.3, -0.25) is 4.79 Å². The van der Waals surface area contributed by atoms with Gasteiger partial charge < -0.3 is 15.5 Å². The molecule has 0 saturated carbocycles. The lowest BCUT2D eigenvalue weighted by atomic mass is 9.96. The fourth-order valence-corrected chi connectivity index (χ4v) is 2.52. The van der Waals surface area contributed by atoms with Crippen LogP contribution in [0.25, 0.3) is 0 Å². The third-order valence-corrected chi connectivity index (χ3v) is 3.86. The predicted octanol–water partition coefficient (Wildman–Crippen LogP) is 2.70. The summed E-state index contributed by atoms with van der Waals surface area (Å²) in [4.78, 5) is 26.0. The van der Waals surface area contributed by atoms with Gasteiger partial charge in [0.2, 0.25) is 5.91 Å². The quantitative estimate of drug-likeness (QED) is 0.898. The summed E-state index contributed by atoms with van der Waals surface area (Å²) in [6, 6.07) is 9.33. The van der Waals surface area contributed by atoms with Crippen molar-refractivity contribution in [2.24, 2.45) is 11.8 Å². The lowest BCUT2D eigenvalue weighted by Crippen LogP contribution is -2.45. The topological polar surface area (TPSA) is 61.4 Å². The Labute approximate surface area is 132 Å². The molecule has 1 aromatic rings.